The lowest BCUT2D eigenvalue weighted by Crippen LogP contribution is -2.54. The zero-order chi connectivity index (χ0) is 44.8. The lowest BCUT2D eigenvalue weighted by molar-refractivity contribution is -0.141. The highest BCUT2D eigenvalue weighted by atomic mass is 19.4. The van der Waals surface area contributed by atoms with E-state index in [0.717, 1.165) is 17.0 Å². The van der Waals surface area contributed by atoms with Gasteiger partial charge in [0.25, 0.3) is 17.7 Å². The number of aryl methyl sites for hydroxylation is 2. The molecule has 17 nitrogen and oxygen atoms in total. The Balaban J connectivity index is 0.912. The van der Waals surface area contributed by atoms with Crippen LogP contribution in [-0.2, 0) is 43.5 Å². The SMILES string of the molecule is CCOc1cc2nc(CCC(C)(C)C(=O)NCCOCCOCCNc3cccc4c3C(=O)N(C3CCC(=O)NC3=O)C4=O)n(C)c2cc1NC(=O)c1cccc(C(F)(F)F)n1. The van der Waals surface area contributed by atoms with Crippen molar-refractivity contribution >= 4 is 57.9 Å². The highest BCUT2D eigenvalue weighted by molar-refractivity contribution is 6.25. The van der Waals surface area contributed by atoms with Crippen LogP contribution >= 0.6 is 0 Å². The van der Waals surface area contributed by atoms with Crippen molar-refractivity contribution in [3.63, 3.8) is 0 Å². The monoisotopic (exact) mass is 864 g/mol. The molecule has 2 aromatic heterocycles. The topological polar surface area (TPSA) is 212 Å². The number of ether oxygens (including phenoxy) is 3. The number of amides is 6. The Morgan fingerprint density at radius 2 is 1.65 bits per heavy atom. The Bertz CT molecular complexity index is 2380. The van der Waals surface area contributed by atoms with Crippen LogP contribution in [0.25, 0.3) is 11.0 Å². The molecule has 0 spiro atoms. The Morgan fingerprint density at radius 3 is 2.35 bits per heavy atom. The first kappa shape index (κ1) is 45.1. The third-order valence-corrected chi connectivity index (χ3v) is 10.4. The smallest absolute Gasteiger partial charge is 0.433 e. The molecule has 0 radical (unpaired) electrons. The van der Waals surface area contributed by atoms with E-state index in [9.17, 15) is 41.9 Å². The molecule has 2 aliphatic rings. The molecule has 4 aromatic rings. The van der Waals surface area contributed by atoms with Crippen molar-refractivity contribution in [2.75, 3.05) is 56.8 Å². The van der Waals surface area contributed by atoms with Gasteiger partial charge in [-0.3, -0.25) is 39.0 Å². The highest BCUT2D eigenvalue weighted by Gasteiger charge is 2.45. The minimum Gasteiger partial charge on any atom is -0.492 e. The Morgan fingerprint density at radius 1 is 0.919 bits per heavy atom. The van der Waals surface area contributed by atoms with Crippen molar-refractivity contribution in [1.29, 1.82) is 0 Å². The molecule has 6 rings (SSSR count). The van der Waals surface area contributed by atoms with Crippen LogP contribution in [0.1, 0.15) is 82.8 Å². The van der Waals surface area contributed by atoms with Gasteiger partial charge in [-0.25, -0.2) is 9.97 Å². The predicted molar refractivity (Wildman–Crippen MR) is 217 cm³/mol. The first-order valence-electron chi connectivity index (χ1n) is 20.0. The summed E-state index contributed by atoms with van der Waals surface area (Å²) in [6.45, 7) is 7.26. The molecule has 2 aromatic carbocycles. The van der Waals surface area contributed by atoms with Gasteiger partial charge in [-0.1, -0.05) is 26.0 Å². The maximum absolute atomic E-state index is 13.3. The van der Waals surface area contributed by atoms with Gasteiger partial charge in [0.1, 0.15) is 29.0 Å². The average molecular weight is 865 g/mol. The average Bonchev–Trinajstić information content (AvgIpc) is 3.67. The number of piperidine rings is 1. The van der Waals surface area contributed by atoms with E-state index < -0.39 is 58.6 Å². The standard InChI is InChI=1S/C42H47F3N8O9/c1-5-62-31-23-27-30(22-28(31)50-36(55)26-10-7-11-32(48-26)42(43,44)45)52(4)33(49-27)14-15-41(2,3)40(59)47-17-19-61-21-20-60-18-16-46-25-9-6-8-24-35(25)39(58)53(38(24)57)29-12-13-34(54)51-37(29)56/h6-11,22-23,29,46H,5,12-21H2,1-4H3,(H,47,59)(H,50,55)(H,51,54,56). The Kier molecular flexibility index (Phi) is 13.9. The number of carbonyl (C=O) groups is 6. The molecule has 2 aliphatic heterocycles. The second-order valence-corrected chi connectivity index (χ2v) is 15.2. The van der Waals surface area contributed by atoms with Gasteiger partial charge >= 0.3 is 6.18 Å². The van der Waals surface area contributed by atoms with E-state index in [4.69, 9.17) is 19.2 Å². The quantitative estimate of drug-likeness (QED) is 0.0770. The van der Waals surface area contributed by atoms with Crippen molar-refractivity contribution in [2.24, 2.45) is 12.5 Å². The molecule has 1 fully saturated rings. The molecule has 20 heteroatoms. The number of benzene rings is 2. The zero-order valence-corrected chi connectivity index (χ0v) is 34.6. The van der Waals surface area contributed by atoms with E-state index in [1.54, 1.807) is 38.2 Å². The summed E-state index contributed by atoms with van der Waals surface area (Å²) in [6.07, 6.45) is -3.74. The minimum atomic E-state index is -4.71. The lowest BCUT2D eigenvalue weighted by atomic mass is 9.86. The Hall–Kier alpha value is -6.41. The largest absolute Gasteiger partial charge is 0.492 e. The molecule has 1 atom stereocenters. The summed E-state index contributed by atoms with van der Waals surface area (Å²) >= 11 is 0. The summed E-state index contributed by atoms with van der Waals surface area (Å²) in [5.74, 6) is -2.39. The highest BCUT2D eigenvalue weighted by Crippen LogP contribution is 2.34. The number of fused-ring (bicyclic) bond motifs is 2. The van der Waals surface area contributed by atoms with Crippen LogP contribution in [0.5, 0.6) is 5.75 Å². The maximum Gasteiger partial charge on any atom is 0.433 e. The third kappa shape index (κ3) is 10.2. The van der Waals surface area contributed by atoms with Gasteiger partial charge in [-0.15, -0.1) is 0 Å². The summed E-state index contributed by atoms with van der Waals surface area (Å²) in [7, 11) is 1.79. The second-order valence-electron chi connectivity index (χ2n) is 15.2. The molecule has 0 aliphatic carbocycles. The van der Waals surface area contributed by atoms with Crippen LogP contribution in [0.2, 0.25) is 0 Å². The van der Waals surface area contributed by atoms with E-state index in [1.165, 1.54) is 12.1 Å². The zero-order valence-electron chi connectivity index (χ0n) is 34.6. The number of rotatable bonds is 19. The van der Waals surface area contributed by atoms with Crippen molar-refractivity contribution in [2.45, 2.75) is 58.7 Å². The number of hydrogen-bond donors (Lipinski definition) is 4. The molecule has 4 N–H and O–H groups in total. The summed E-state index contributed by atoms with van der Waals surface area (Å²) in [5.41, 5.74) is -0.178. The number of anilines is 2. The second kappa shape index (κ2) is 19.1. The van der Waals surface area contributed by atoms with Crippen LogP contribution in [-0.4, -0.2) is 107 Å². The van der Waals surface area contributed by atoms with Crippen molar-refractivity contribution < 1.29 is 56.1 Å². The van der Waals surface area contributed by atoms with Crippen LogP contribution in [0.3, 0.4) is 0 Å². The summed E-state index contributed by atoms with van der Waals surface area (Å²) in [4.78, 5) is 85.4. The fourth-order valence-corrected chi connectivity index (χ4v) is 7.03. The molecule has 330 valence electrons. The normalized spacial score (nSPS) is 15.5. The molecule has 1 saturated heterocycles. The number of imidazole rings is 1. The van der Waals surface area contributed by atoms with E-state index in [2.05, 4.69) is 26.3 Å². The Labute approximate surface area is 354 Å². The molecular weight excluding hydrogens is 818 g/mol. The molecule has 6 amide bonds. The number of nitrogens with zero attached hydrogens (tertiary/aromatic N) is 4. The molecule has 62 heavy (non-hydrogen) atoms. The van der Waals surface area contributed by atoms with Gasteiger partial charge in [0.2, 0.25) is 17.7 Å². The number of aromatic nitrogens is 3. The molecular formula is C42H47F3N8O9. The fraction of sp³-hybridized carbons (Fsp3) is 0.429. The van der Waals surface area contributed by atoms with Crippen LogP contribution in [0.4, 0.5) is 24.5 Å². The van der Waals surface area contributed by atoms with E-state index in [1.807, 2.05) is 18.4 Å². The van der Waals surface area contributed by atoms with Gasteiger partial charge < -0.3 is 34.7 Å². The van der Waals surface area contributed by atoms with Crippen molar-refractivity contribution in [3.05, 3.63) is 76.9 Å². The van der Waals surface area contributed by atoms with Gasteiger partial charge in [-0.05, 0) is 50.1 Å². The number of nitrogens with one attached hydrogen (secondary N) is 4. The lowest BCUT2D eigenvalue weighted by Gasteiger charge is -2.27. The number of halogens is 3. The van der Waals surface area contributed by atoms with Crippen LogP contribution in [0.15, 0.2) is 48.5 Å². The number of hydrogen-bond acceptors (Lipinski definition) is 12. The molecule has 0 bridgehead atoms. The van der Waals surface area contributed by atoms with Crippen LogP contribution < -0.4 is 26.0 Å². The third-order valence-electron chi connectivity index (χ3n) is 10.4. The maximum atomic E-state index is 13.3. The fourth-order valence-electron chi connectivity index (χ4n) is 7.03. The molecule has 0 saturated carbocycles. The van der Waals surface area contributed by atoms with Gasteiger partial charge in [0.15, 0.2) is 0 Å². The predicted octanol–water partition coefficient (Wildman–Crippen LogP) is 4.26. The van der Waals surface area contributed by atoms with Crippen LogP contribution in [0, 0.1) is 5.41 Å². The number of carbonyl (C=O) groups excluding carboxylic acids is 6. The number of pyridine rings is 1. The number of alkyl halides is 3. The molecule has 1 unspecified atom stereocenters. The summed E-state index contributed by atoms with van der Waals surface area (Å²) in [5, 5.41) is 10.8. The van der Waals surface area contributed by atoms with Crippen molar-refractivity contribution in [3.8, 4) is 5.75 Å². The number of imide groups is 2. The summed E-state index contributed by atoms with van der Waals surface area (Å²) in [6, 6.07) is 10.1. The molecule has 4 heterocycles. The van der Waals surface area contributed by atoms with E-state index >= 15 is 0 Å². The van der Waals surface area contributed by atoms with E-state index in [0.29, 0.717) is 41.9 Å². The minimum absolute atomic E-state index is 0.0318. The van der Waals surface area contributed by atoms with Crippen molar-refractivity contribution in [1.82, 2.24) is 30.1 Å². The summed E-state index contributed by atoms with van der Waals surface area (Å²) < 4.78 is 58.4. The van der Waals surface area contributed by atoms with Gasteiger partial charge in [0, 0.05) is 50.1 Å². The first-order valence-corrected chi connectivity index (χ1v) is 20.0. The van der Waals surface area contributed by atoms with Gasteiger partial charge in [0.05, 0.1) is 60.9 Å². The van der Waals surface area contributed by atoms with E-state index in [-0.39, 0.29) is 80.9 Å². The first-order chi connectivity index (χ1) is 29.5. The van der Waals surface area contributed by atoms with Gasteiger partial charge in [-0.2, -0.15) is 13.2 Å².